The summed E-state index contributed by atoms with van der Waals surface area (Å²) in [6.07, 6.45) is 2.10. The quantitative estimate of drug-likeness (QED) is 0.167. The topological polar surface area (TPSA) is 62.3 Å². The molecule has 0 amide bonds. The number of pyridine rings is 1. The molecule has 0 N–H and O–H groups in total. The van der Waals surface area contributed by atoms with Crippen molar-refractivity contribution in [1.29, 1.82) is 0 Å². The molecule has 482 valence electrons. The Balaban J connectivity index is 0.655. The maximum absolute atomic E-state index is 5.56. The fraction of sp³-hybridized carbons (Fsp3) is 0. The SMILES string of the molecule is c1ccc2cc(-c3nc(-c4ccc(-n5c6cc7cccc(-c8ccc(-n9c%10ccccc%10c%10cc(-n%11c%12cc%13ccccc%13cc%12c%12c%13c%14ccccc%14n%14c%15ccccc%15c(cc%12%11)c%13%14)cnc%109)cc8)c7cc6c6c7c8ccccc8n8c9ccccc9c(cc65)c78)cc4)nc4ccccc34)ccc2c1. The van der Waals surface area contributed by atoms with Crippen LogP contribution in [0.15, 0.2) is 328 Å². The second-order valence-electron chi connectivity index (χ2n) is 28.6. The van der Waals surface area contributed by atoms with Crippen molar-refractivity contribution in [2.45, 2.75) is 0 Å². The van der Waals surface area contributed by atoms with E-state index >= 15 is 0 Å². The third kappa shape index (κ3) is 7.40. The van der Waals surface area contributed by atoms with Crippen LogP contribution in [0.3, 0.4) is 0 Å². The first-order valence-electron chi connectivity index (χ1n) is 36.1. The van der Waals surface area contributed by atoms with Crippen molar-refractivity contribution in [3.63, 3.8) is 0 Å². The summed E-state index contributed by atoms with van der Waals surface area (Å²) in [5.74, 6) is 0.690. The molecule has 0 fully saturated rings. The van der Waals surface area contributed by atoms with Crippen molar-refractivity contribution in [2.24, 2.45) is 0 Å². The van der Waals surface area contributed by atoms with E-state index in [2.05, 4.69) is 350 Å². The average Bonchev–Trinajstić information content (AvgIpc) is 1.52. The summed E-state index contributed by atoms with van der Waals surface area (Å²) in [5.41, 5.74) is 23.3. The second-order valence-corrected chi connectivity index (χ2v) is 28.6. The Labute approximate surface area is 597 Å². The van der Waals surface area contributed by atoms with Gasteiger partial charge in [-0.05, 0) is 165 Å². The summed E-state index contributed by atoms with van der Waals surface area (Å²) in [7, 11) is 0. The summed E-state index contributed by atoms with van der Waals surface area (Å²) >= 11 is 0. The van der Waals surface area contributed by atoms with Crippen LogP contribution < -0.4 is 0 Å². The van der Waals surface area contributed by atoms with Gasteiger partial charge in [0, 0.05) is 103 Å². The molecule has 16 aromatic carbocycles. The largest absolute Gasteiger partial charge is 0.309 e. The minimum absolute atomic E-state index is 0.690. The average molecular weight is 1330 g/mol. The van der Waals surface area contributed by atoms with Crippen LogP contribution >= 0.6 is 0 Å². The molecule has 0 aliphatic rings. The highest BCUT2D eigenvalue weighted by molar-refractivity contribution is 6.38. The minimum atomic E-state index is 0.690. The molecule has 8 nitrogen and oxygen atoms in total. The van der Waals surface area contributed by atoms with Gasteiger partial charge in [0.05, 0.1) is 83.8 Å². The third-order valence-corrected chi connectivity index (χ3v) is 23.3. The van der Waals surface area contributed by atoms with E-state index in [1.165, 1.54) is 136 Å². The van der Waals surface area contributed by atoms with Gasteiger partial charge in [-0.2, -0.15) is 0 Å². The molecule has 0 spiro atoms. The number of hydrogen-bond acceptors (Lipinski definition) is 3. The lowest BCUT2D eigenvalue weighted by Crippen LogP contribution is -1.98. The van der Waals surface area contributed by atoms with Gasteiger partial charge in [-0.15, -0.1) is 0 Å². The lowest BCUT2D eigenvalue weighted by atomic mass is 9.95. The molecule has 105 heavy (non-hydrogen) atoms. The third-order valence-electron chi connectivity index (χ3n) is 23.3. The summed E-state index contributed by atoms with van der Waals surface area (Å²) in [6, 6.07) is 119. The van der Waals surface area contributed by atoms with Crippen molar-refractivity contribution >= 4 is 185 Å². The molecular formula is C97H54N8. The maximum atomic E-state index is 5.56. The van der Waals surface area contributed by atoms with Crippen LogP contribution in [-0.2, 0) is 0 Å². The van der Waals surface area contributed by atoms with Crippen molar-refractivity contribution in [3.05, 3.63) is 328 Å². The number of benzene rings is 16. The van der Waals surface area contributed by atoms with Crippen LogP contribution in [-0.4, -0.2) is 37.5 Å². The molecule has 8 heteroatoms. The van der Waals surface area contributed by atoms with Gasteiger partial charge in [0.15, 0.2) is 5.82 Å². The van der Waals surface area contributed by atoms with E-state index in [4.69, 9.17) is 15.0 Å². The van der Waals surface area contributed by atoms with Crippen molar-refractivity contribution in [1.82, 2.24) is 37.5 Å². The highest BCUT2D eigenvalue weighted by Crippen LogP contribution is 2.51. The molecule has 25 rings (SSSR count). The zero-order chi connectivity index (χ0) is 68.0. The Kier molecular flexibility index (Phi) is 10.7. The first-order chi connectivity index (χ1) is 52.1. The Morgan fingerprint density at radius 3 is 1.35 bits per heavy atom. The van der Waals surface area contributed by atoms with Crippen LogP contribution in [0.5, 0.6) is 0 Å². The van der Waals surface area contributed by atoms with E-state index in [1.54, 1.807) is 0 Å². The first kappa shape index (κ1) is 55.6. The monoisotopic (exact) mass is 1330 g/mol. The van der Waals surface area contributed by atoms with E-state index in [0.29, 0.717) is 5.82 Å². The Bertz CT molecular complexity index is 8140. The summed E-state index contributed by atoms with van der Waals surface area (Å²) in [4.78, 5) is 16.2. The molecule has 0 unspecified atom stereocenters. The summed E-state index contributed by atoms with van der Waals surface area (Å²) < 4.78 is 12.3. The van der Waals surface area contributed by atoms with E-state index < -0.39 is 0 Å². The number of para-hydroxylation sites is 6. The fourth-order valence-corrected chi connectivity index (χ4v) is 18.8. The Morgan fingerprint density at radius 1 is 0.229 bits per heavy atom. The summed E-state index contributed by atoms with van der Waals surface area (Å²) in [6.45, 7) is 0. The fourth-order valence-electron chi connectivity index (χ4n) is 18.8. The van der Waals surface area contributed by atoms with Gasteiger partial charge < -0.3 is 17.9 Å². The zero-order valence-electron chi connectivity index (χ0n) is 56.3. The van der Waals surface area contributed by atoms with Gasteiger partial charge in [-0.3, -0.25) is 4.57 Å². The highest BCUT2D eigenvalue weighted by atomic mass is 15.1. The van der Waals surface area contributed by atoms with Crippen molar-refractivity contribution in [3.8, 4) is 50.8 Å². The number of aromatic nitrogens is 8. The Hall–Kier alpha value is -14.2. The van der Waals surface area contributed by atoms with E-state index in [0.717, 1.165) is 94.2 Å². The zero-order valence-corrected chi connectivity index (χ0v) is 56.3. The molecule has 0 saturated heterocycles. The van der Waals surface area contributed by atoms with Gasteiger partial charge in [0.25, 0.3) is 0 Å². The smallest absolute Gasteiger partial charge is 0.160 e. The van der Waals surface area contributed by atoms with Crippen LogP contribution in [0.4, 0.5) is 0 Å². The van der Waals surface area contributed by atoms with Gasteiger partial charge >= 0.3 is 0 Å². The predicted octanol–water partition coefficient (Wildman–Crippen LogP) is 25.1. The molecule has 0 bridgehead atoms. The molecule has 0 saturated carbocycles. The molecular weight excluding hydrogens is 1280 g/mol. The van der Waals surface area contributed by atoms with Gasteiger partial charge in [-0.1, -0.05) is 200 Å². The van der Waals surface area contributed by atoms with Crippen LogP contribution in [0, 0.1) is 0 Å². The molecule has 25 aromatic rings. The number of rotatable bonds is 6. The van der Waals surface area contributed by atoms with Crippen LogP contribution in [0.1, 0.15) is 0 Å². The normalized spacial score (nSPS) is 12.6. The maximum Gasteiger partial charge on any atom is 0.160 e. The molecule has 9 heterocycles. The van der Waals surface area contributed by atoms with Gasteiger partial charge in [0.1, 0.15) is 5.65 Å². The minimum Gasteiger partial charge on any atom is -0.309 e. The van der Waals surface area contributed by atoms with Crippen LogP contribution in [0.25, 0.3) is 236 Å². The van der Waals surface area contributed by atoms with Gasteiger partial charge in [-0.25, -0.2) is 15.0 Å². The Morgan fingerprint density at radius 2 is 0.705 bits per heavy atom. The molecule has 0 atom stereocenters. The van der Waals surface area contributed by atoms with Crippen molar-refractivity contribution in [2.75, 3.05) is 0 Å². The number of hydrogen-bond donors (Lipinski definition) is 0. The van der Waals surface area contributed by atoms with Gasteiger partial charge in [0.2, 0.25) is 0 Å². The van der Waals surface area contributed by atoms with Crippen molar-refractivity contribution < 1.29 is 0 Å². The number of fused-ring (bicyclic) bond motifs is 27. The van der Waals surface area contributed by atoms with E-state index in [-0.39, 0.29) is 0 Å². The lowest BCUT2D eigenvalue weighted by molar-refractivity contribution is 1.11. The second kappa shape index (κ2) is 20.3. The summed E-state index contributed by atoms with van der Waals surface area (Å²) in [5, 5.41) is 25.4. The standard InChI is InChI=1S/C97H54N8/c1-2-19-58-46-62(37-36-55(58)18-1)93-70-26-5-11-30-79(70)99-96(100-93)57-40-44-63(45-41-57)101-86-49-61-22-17-29-66(73(61)51-78(86)90-87(101)52-74-67-23-6-13-32-81(67)105-84-35-16-10-28-72(84)92(90)95(74)105)56-38-42-64(43-39-56)103-80-31-12-8-25-69(80)76-50-65(54-98-97(76)103)102-85-48-60-21-4-3-20-59(60)47-77(85)89-88(102)53-75-68-24-7-14-33-82(68)104-83-34-15-9-27-71(83)91(89)94(75)104/h1-54H. The predicted molar refractivity (Wildman–Crippen MR) is 438 cm³/mol. The van der Waals surface area contributed by atoms with Crippen LogP contribution in [0.2, 0.25) is 0 Å². The molecule has 0 aliphatic heterocycles. The lowest BCUT2D eigenvalue weighted by Gasteiger charge is -2.13. The number of nitrogens with zero attached hydrogens (tertiary/aromatic N) is 8. The van der Waals surface area contributed by atoms with E-state index in [1.807, 2.05) is 0 Å². The molecule has 9 aromatic heterocycles. The molecule has 0 radical (unpaired) electrons. The highest BCUT2D eigenvalue weighted by Gasteiger charge is 2.29. The molecule has 0 aliphatic carbocycles. The van der Waals surface area contributed by atoms with E-state index in [9.17, 15) is 0 Å². The first-order valence-corrected chi connectivity index (χ1v) is 36.1.